The average molecular weight is 373 g/mol. The van der Waals surface area contributed by atoms with E-state index in [0.29, 0.717) is 4.90 Å². The lowest BCUT2D eigenvalue weighted by molar-refractivity contribution is 0.311. The number of sulfonamides is 1. The molecule has 8 heteroatoms. The molecule has 1 aliphatic heterocycles. The second-order valence-corrected chi connectivity index (χ2v) is 11.0. The van der Waals surface area contributed by atoms with Crippen LogP contribution in [-0.4, -0.2) is 58.8 Å². The molecule has 2 fully saturated rings. The molecule has 1 aromatic rings. The van der Waals surface area contributed by atoms with Crippen LogP contribution in [0.4, 0.5) is 5.69 Å². The normalized spacial score (nSPS) is 20.5. The van der Waals surface area contributed by atoms with Crippen LogP contribution in [-0.2, 0) is 19.9 Å². The van der Waals surface area contributed by atoms with Crippen molar-refractivity contribution in [3.8, 4) is 0 Å². The molecule has 0 radical (unpaired) electrons. The molecule has 0 atom stereocenters. The van der Waals surface area contributed by atoms with Gasteiger partial charge >= 0.3 is 0 Å². The van der Waals surface area contributed by atoms with Crippen LogP contribution in [0.3, 0.4) is 0 Å². The number of hydrogen-bond acceptors (Lipinski definition) is 5. The standard InChI is InChI=1S/C16H24N2O4S2/c1-17(24(21,22)16-7-8-16)13-9-11-18(12-10-13)14-3-5-15(6-4-14)23(2,19)20/h3-6,13,16H,7-12H2,1-2H3. The van der Waals surface area contributed by atoms with E-state index < -0.39 is 19.9 Å². The molecule has 0 bridgehead atoms. The van der Waals surface area contributed by atoms with E-state index in [9.17, 15) is 16.8 Å². The molecule has 2 aliphatic rings. The predicted octanol–water partition coefficient (Wildman–Crippen LogP) is 1.48. The van der Waals surface area contributed by atoms with E-state index in [0.717, 1.165) is 44.5 Å². The Morgan fingerprint density at radius 1 is 0.958 bits per heavy atom. The van der Waals surface area contributed by atoms with Crippen molar-refractivity contribution >= 4 is 25.5 Å². The molecule has 6 nitrogen and oxygen atoms in total. The molecular formula is C16H24N2O4S2. The lowest BCUT2D eigenvalue weighted by Crippen LogP contribution is -2.46. The zero-order valence-corrected chi connectivity index (χ0v) is 15.7. The van der Waals surface area contributed by atoms with Crippen LogP contribution in [0.5, 0.6) is 0 Å². The first-order valence-electron chi connectivity index (χ1n) is 8.21. The fraction of sp³-hybridized carbons (Fsp3) is 0.625. The number of rotatable bonds is 5. The number of anilines is 1. The molecule has 0 N–H and O–H groups in total. The van der Waals surface area contributed by atoms with E-state index in [1.807, 2.05) is 12.1 Å². The van der Waals surface area contributed by atoms with E-state index in [2.05, 4.69) is 4.90 Å². The molecule has 0 amide bonds. The lowest BCUT2D eigenvalue weighted by Gasteiger charge is -2.37. The molecule has 24 heavy (non-hydrogen) atoms. The number of sulfone groups is 1. The maximum absolute atomic E-state index is 12.3. The highest BCUT2D eigenvalue weighted by Gasteiger charge is 2.41. The molecule has 134 valence electrons. The van der Waals surface area contributed by atoms with E-state index in [1.165, 1.54) is 6.26 Å². The summed E-state index contributed by atoms with van der Waals surface area (Å²) in [4.78, 5) is 2.50. The minimum atomic E-state index is -3.18. The molecule has 1 aromatic carbocycles. The highest BCUT2D eigenvalue weighted by Crippen LogP contribution is 2.33. The van der Waals surface area contributed by atoms with Gasteiger partial charge in [-0.25, -0.2) is 21.1 Å². The van der Waals surface area contributed by atoms with Gasteiger partial charge in [0.25, 0.3) is 0 Å². The molecule has 1 heterocycles. The van der Waals surface area contributed by atoms with Gasteiger partial charge in [-0.05, 0) is 49.9 Å². The Morgan fingerprint density at radius 2 is 1.50 bits per heavy atom. The second-order valence-electron chi connectivity index (χ2n) is 6.74. The third kappa shape index (κ3) is 3.60. The minimum absolute atomic E-state index is 0.0575. The summed E-state index contributed by atoms with van der Waals surface area (Å²) < 4.78 is 49.3. The summed E-state index contributed by atoms with van der Waals surface area (Å²) in [6.07, 6.45) is 4.35. The first kappa shape index (κ1) is 17.7. The third-order valence-corrected chi connectivity index (χ3v) is 8.50. The third-order valence-electron chi connectivity index (χ3n) is 4.96. The number of nitrogens with zero attached hydrogens (tertiary/aromatic N) is 2. The van der Waals surface area contributed by atoms with Gasteiger partial charge in [-0.2, -0.15) is 0 Å². The van der Waals surface area contributed by atoms with Crippen molar-refractivity contribution in [2.75, 3.05) is 31.3 Å². The summed E-state index contributed by atoms with van der Waals surface area (Å²) in [7, 11) is -4.60. The van der Waals surface area contributed by atoms with Gasteiger partial charge in [0.05, 0.1) is 10.1 Å². The Kier molecular flexibility index (Phi) is 4.65. The molecule has 0 spiro atoms. The summed E-state index contributed by atoms with van der Waals surface area (Å²) in [5.41, 5.74) is 0.980. The maximum atomic E-state index is 12.3. The second kappa shape index (κ2) is 6.31. The minimum Gasteiger partial charge on any atom is -0.371 e. The first-order valence-corrected chi connectivity index (χ1v) is 11.6. The summed E-state index contributed by atoms with van der Waals surface area (Å²) in [5.74, 6) is 0. The van der Waals surface area contributed by atoms with Crippen LogP contribution in [0, 0.1) is 0 Å². The van der Waals surface area contributed by atoms with Crippen LogP contribution in [0.15, 0.2) is 29.2 Å². The first-order chi connectivity index (χ1) is 11.2. The molecular weight excluding hydrogens is 348 g/mol. The van der Waals surface area contributed by atoms with Gasteiger partial charge < -0.3 is 4.90 Å². The Balaban J connectivity index is 1.63. The van der Waals surface area contributed by atoms with Crippen LogP contribution < -0.4 is 4.90 Å². The van der Waals surface area contributed by atoms with E-state index >= 15 is 0 Å². The summed E-state index contributed by atoms with van der Waals surface area (Å²) in [6, 6.07) is 6.95. The number of benzene rings is 1. The van der Waals surface area contributed by atoms with E-state index in [4.69, 9.17) is 0 Å². The number of piperidine rings is 1. The molecule has 1 saturated heterocycles. The molecule has 1 saturated carbocycles. The molecule has 0 unspecified atom stereocenters. The van der Waals surface area contributed by atoms with Gasteiger partial charge in [0.1, 0.15) is 0 Å². The van der Waals surface area contributed by atoms with Gasteiger partial charge in [0.2, 0.25) is 10.0 Å². The van der Waals surface area contributed by atoms with Crippen molar-refractivity contribution in [1.82, 2.24) is 4.31 Å². The van der Waals surface area contributed by atoms with Crippen molar-refractivity contribution < 1.29 is 16.8 Å². The predicted molar refractivity (Wildman–Crippen MR) is 94.5 cm³/mol. The summed E-state index contributed by atoms with van der Waals surface area (Å²) in [6.45, 7) is 1.54. The molecule has 3 rings (SSSR count). The van der Waals surface area contributed by atoms with Crippen LogP contribution >= 0.6 is 0 Å². The van der Waals surface area contributed by atoms with Gasteiger partial charge in [-0.3, -0.25) is 0 Å². The van der Waals surface area contributed by atoms with E-state index in [-0.39, 0.29) is 11.3 Å². The fourth-order valence-electron chi connectivity index (χ4n) is 3.20. The van der Waals surface area contributed by atoms with Crippen molar-refractivity contribution in [3.05, 3.63) is 24.3 Å². The molecule has 1 aliphatic carbocycles. The van der Waals surface area contributed by atoms with Crippen LogP contribution in [0.25, 0.3) is 0 Å². The summed E-state index contributed by atoms with van der Waals surface area (Å²) in [5, 5.41) is -0.163. The largest absolute Gasteiger partial charge is 0.371 e. The lowest BCUT2D eigenvalue weighted by atomic mass is 10.0. The fourth-order valence-corrected chi connectivity index (χ4v) is 5.66. The van der Waals surface area contributed by atoms with Crippen molar-refractivity contribution in [3.63, 3.8) is 0 Å². The quantitative estimate of drug-likeness (QED) is 0.783. The average Bonchev–Trinajstić information content (AvgIpc) is 3.39. The summed E-state index contributed by atoms with van der Waals surface area (Å²) >= 11 is 0. The maximum Gasteiger partial charge on any atom is 0.216 e. The van der Waals surface area contributed by atoms with Crippen LogP contribution in [0.2, 0.25) is 0 Å². The van der Waals surface area contributed by atoms with Gasteiger partial charge in [-0.15, -0.1) is 0 Å². The zero-order chi connectivity index (χ0) is 17.5. The zero-order valence-electron chi connectivity index (χ0n) is 14.1. The smallest absolute Gasteiger partial charge is 0.216 e. The highest BCUT2D eigenvalue weighted by molar-refractivity contribution is 7.90. The molecule has 0 aromatic heterocycles. The van der Waals surface area contributed by atoms with Crippen LogP contribution in [0.1, 0.15) is 25.7 Å². The Labute approximate surface area is 144 Å². The Hall–Kier alpha value is -1.12. The van der Waals surface area contributed by atoms with Gasteiger partial charge in [0, 0.05) is 38.1 Å². The Bertz CT molecular complexity index is 791. The Morgan fingerprint density at radius 3 is 1.96 bits per heavy atom. The topological polar surface area (TPSA) is 74.8 Å². The number of hydrogen-bond donors (Lipinski definition) is 0. The monoisotopic (exact) mass is 372 g/mol. The van der Waals surface area contributed by atoms with Crippen molar-refractivity contribution in [2.24, 2.45) is 0 Å². The van der Waals surface area contributed by atoms with Gasteiger partial charge in [-0.1, -0.05) is 0 Å². The highest BCUT2D eigenvalue weighted by atomic mass is 32.2. The van der Waals surface area contributed by atoms with Crippen molar-refractivity contribution in [1.29, 1.82) is 0 Å². The SMILES string of the molecule is CN(C1CCN(c2ccc(S(C)(=O)=O)cc2)CC1)S(=O)(=O)C1CC1. The van der Waals surface area contributed by atoms with Gasteiger partial charge in [0.15, 0.2) is 9.84 Å². The van der Waals surface area contributed by atoms with Crippen molar-refractivity contribution in [2.45, 2.75) is 41.9 Å². The van der Waals surface area contributed by atoms with E-state index in [1.54, 1.807) is 23.5 Å².